The van der Waals surface area contributed by atoms with E-state index in [0.29, 0.717) is 23.2 Å². The molecule has 0 saturated carbocycles. The zero-order valence-electron chi connectivity index (χ0n) is 11.1. The molecule has 0 aliphatic rings. The molecule has 0 aliphatic carbocycles. The molecule has 3 aromatic rings. The molecule has 0 bridgehead atoms. The quantitative estimate of drug-likeness (QED) is 0.723. The van der Waals surface area contributed by atoms with Crippen molar-refractivity contribution >= 4 is 16.7 Å². The van der Waals surface area contributed by atoms with Crippen molar-refractivity contribution in [1.29, 1.82) is 5.26 Å². The molecule has 2 aromatic heterocycles. The van der Waals surface area contributed by atoms with E-state index in [1.54, 1.807) is 10.5 Å². The number of nitrogens with zero attached hydrogens (tertiary/aromatic N) is 3. The lowest BCUT2D eigenvalue weighted by molar-refractivity contribution is 0.442. The lowest BCUT2D eigenvalue weighted by Gasteiger charge is -2.11. The van der Waals surface area contributed by atoms with Crippen LogP contribution in [0.1, 0.15) is 16.7 Å². The Bertz CT molecular complexity index is 884. The second-order valence-electron chi connectivity index (χ2n) is 4.67. The van der Waals surface area contributed by atoms with Crippen LogP contribution in [0.5, 0.6) is 5.88 Å². The standard InChI is InChI=1S/C16H13N3O/c1-3-6-11-10(2)12(9-17)15-18-13-7-4-5-8-14(13)19(15)16(11)20/h3-5,7-8,20H,1,6H2,2H3. The van der Waals surface area contributed by atoms with Gasteiger partial charge in [0.25, 0.3) is 0 Å². The second kappa shape index (κ2) is 4.39. The number of hydrogen-bond donors (Lipinski definition) is 1. The van der Waals surface area contributed by atoms with Crippen molar-refractivity contribution in [2.24, 2.45) is 0 Å². The van der Waals surface area contributed by atoms with Crippen LogP contribution in [0, 0.1) is 18.3 Å². The Hall–Kier alpha value is -2.80. The molecule has 0 spiro atoms. The van der Waals surface area contributed by atoms with E-state index in [1.807, 2.05) is 31.2 Å². The summed E-state index contributed by atoms with van der Waals surface area (Å²) in [6.07, 6.45) is 2.23. The number of aromatic hydroxyl groups is 1. The van der Waals surface area contributed by atoms with Gasteiger partial charge in [0.2, 0.25) is 5.88 Å². The number of aromatic nitrogens is 2. The molecule has 0 aliphatic heterocycles. The minimum atomic E-state index is 0.130. The molecule has 0 atom stereocenters. The molecule has 2 heterocycles. The smallest absolute Gasteiger partial charge is 0.201 e. The fraction of sp³-hybridized carbons (Fsp3) is 0.125. The van der Waals surface area contributed by atoms with Gasteiger partial charge in [0.1, 0.15) is 6.07 Å². The number of rotatable bonds is 2. The lowest BCUT2D eigenvalue weighted by atomic mass is 10.0. The van der Waals surface area contributed by atoms with Crippen LogP contribution in [0.2, 0.25) is 0 Å². The van der Waals surface area contributed by atoms with E-state index >= 15 is 0 Å². The number of para-hydroxylation sites is 2. The van der Waals surface area contributed by atoms with Gasteiger partial charge in [-0.25, -0.2) is 4.98 Å². The molecule has 1 aromatic carbocycles. The summed E-state index contributed by atoms with van der Waals surface area (Å²) in [4.78, 5) is 4.46. The highest BCUT2D eigenvalue weighted by Gasteiger charge is 2.19. The van der Waals surface area contributed by atoms with E-state index < -0.39 is 0 Å². The first-order chi connectivity index (χ1) is 9.69. The Morgan fingerprint density at radius 1 is 1.45 bits per heavy atom. The highest BCUT2D eigenvalue weighted by atomic mass is 16.3. The molecule has 4 heteroatoms. The van der Waals surface area contributed by atoms with Crippen LogP contribution in [0.3, 0.4) is 0 Å². The van der Waals surface area contributed by atoms with Crippen molar-refractivity contribution in [3.05, 3.63) is 53.6 Å². The molecular weight excluding hydrogens is 250 g/mol. The van der Waals surface area contributed by atoms with Gasteiger partial charge in [-0.15, -0.1) is 6.58 Å². The van der Waals surface area contributed by atoms with Crippen molar-refractivity contribution in [3.8, 4) is 11.9 Å². The minimum absolute atomic E-state index is 0.130. The van der Waals surface area contributed by atoms with Gasteiger partial charge in [0.05, 0.1) is 16.6 Å². The summed E-state index contributed by atoms with van der Waals surface area (Å²) in [5.41, 5.74) is 4.02. The molecular formula is C16H13N3O. The van der Waals surface area contributed by atoms with Gasteiger partial charge in [-0.1, -0.05) is 18.2 Å². The van der Waals surface area contributed by atoms with Crippen molar-refractivity contribution in [3.63, 3.8) is 0 Å². The van der Waals surface area contributed by atoms with Crippen LogP contribution < -0.4 is 0 Å². The molecule has 0 fully saturated rings. The van der Waals surface area contributed by atoms with Gasteiger partial charge in [-0.3, -0.25) is 4.40 Å². The molecule has 98 valence electrons. The molecule has 0 saturated heterocycles. The van der Waals surface area contributed by atoms with Crippen LogP contribution in [0.25, 0.3) is 16.7 Å². The zero-order chi connectivity index (χ0) is 14.3. The molecule has 1 N–H and O–H groups in total. The topological polar surface area (TPSA) is 61.3 Å². The van der Waals surface area contributed by atoms with Gasteiger partial charge < -0.3 is 5.11 Å². The average molecular weight is 263 g/mol. The average Bonchev–Trinajstić information content (AvgIpc) is 2.83. The predicted molar refractivity (Wildman–Crippen MR) is 77.7 cm³/mol. The van der Waals surface area contributed by atoms with Crippen LogP contribution >= 0.6 is 0 Å². The first kappa shape index (κ1) is 12.2. The fourth-order valence-electron chi connectivity index (χ4n) is 2.55. The van der Waals surface area contributed by atoms with Crippen molar-refractivity contribution in [2.45, 2.75) is 13.3 Å². The highest BCUT2D eigenvalue weighted by molar-refractivity contribution is 5.84. The summed E-state index contributed by atoms with van der Waals surface area (Å²) >= 11 is 0. The van der Waals surface area contributed by atoms with E-state index in [9.17, 15) is 10.4 Å². The zero-order valence-corrected chi connectivity index (χ0v) is 11.1. The van der Waals surface area contributed by atoms with Gasteiger partial charge in [0.15, 0.2) is 5.65 Å². The molecule has 0 amide bonds. The summed E-state index contributed by atoms with van der Waals surface area (Å²) in [6.45, 7) is 5.53. The first-order valence-corrected chi connectivity index (χ1v) is 6.31. The number of imidazole rings is 1. The number of allylic oxidation sites excluding steroid dienone is 1. The number of fused-ring (bicyclic) bond motifs is 3. The van der Waals surface area contributed by atoms with Crippen LogP contribution in [-0.2, 0) is 6.42 Å². The van der Waals surface area contributed by atoms with Crippen molar-refractivity contribution < 1.29 is 5.11 Å². The third-order valence-electron chi connectivity index (χ3n) is 3.55. The number of hydrogen-bond acceptors (Lipinski definition) is 3. The van der Waals surface area contributed by atoms with Crippen molar-refractivity contribution in [1.82, 2.24) is 9.38 Å². The fourth-order valence-corrected chi connectivity index (χ4v) is 2.55. The predicted octanol–water partition coefficient (Wildman–Crippen LogP) is 3.10. The molecule has 4 nitrogen and oxygen atoms in total. The van der Waals surface area contributed by atoms with Gasteiger partial charge >= 0.3 is 0 Å². The van der Waals surface area contributed by atoms with Gasteiger partial charge in [-0.2, -0.15) is 5.26 Å². The number of nitriles is 1. The van der Waals surface area contributed by atoms with Crippen LogP contribution in [-0.4, -0.2) is 14.5 Å². The molecule has 20 heavy (non-hydrogen) atoms. The van der Waals surface area contributed by atoms with Crippen LogP contribution in [0.15, 0.2) is 36.9 Å². The number of benzene rings is 1. The van der Waals surface area contributed by atoms with Gasteiger partial charge in [0, 0.05) is 5.56 Å². The van der Waals surface area contributed by atoms with E-state index in [-0.39, 0.29) is 5.88 Å². The molecule has 3 rings (SSSR count). The summed E-state index contributed by atoms with van der Waals surface area (Å²) in [7, 11) is 0. The minimum Gasteiger partial charge on any atom is -0.494 e. The normalized spacial score (nSPS) is 10.8. The Morgan fingerprint density at radius 2 is 2.20 bits per heavy atom. The second-order valence-corrected chi connectivity index (χ2v) is 4.67. The Balaban J connectivity index is 2.59. The number of pyridine rings is 1. The first-order valence-electron chi connectivity index (χ1n) is 6.31. The van der Waals surface area contributed by atoms with Gasteiger partial charge in [-0.05, 0) is 31.0 Å². The summed E-state index contributed by atoms with van der Waals surface area (Å²) in [5.74, 6) is 0.130. The van der Waals surface area contributed by atoms with Crippen LogP contribution in [0.4, 0.5) is 0 Å². The molecule has 0 unspecified atom stereocenters. The SMILES string of the molecule is C=CCc1c(C)c(C#N)c2nc3ccccc3n2c1O. The maximum atomic E-state index is 10.5. The van der Waals surface area contributed by atoms with E-state index in [4.69, 9.17) is 0 Å². The van der Waals surface area contributed by atoms with E-state index in [0.717, 1.165) is 16.6 Å². The maximum absolute atomic E-state index is 10.5. The summed E-state index contributed by atoms with van der Waals surface area (Å²) < 4.78 is 1.64. The Morgan fingerprint density at radius 3 is 2.90 bits per heavy atom. The largest absolute Gasteiger partial charge is 0.494 e. The Kier molecular flexibility index (Phi) is 2.69. The lowest BCUT2D eigenvalue weighted by Crippen LogP contribution is -2.00. The molecule has 0 radical (unpaired) electrons. The third kappa shape index (κ3) is 1.50. The highest BCUT2D eigenvalue weighted by Crippen LogP contribution is 2.31. The third-order valence-corrected chi connectivity index (χ3v) is 3.55. The van der Waals surface area contributed by atoms with E-state index in [1.165, 1.54) is 0 Å². The Labute approximate surface area is 116 Å². The summed E-state index contributed by atoms with van der Waals surface area (Å²) in [6, 6.07) is 9.71. The summed E-state index contributed by atoms with van der Waals surface area (Å²) in [5, 5.41) is 19.9. The van der Waals surface area contributed by atoms with Crippen molar-refractivity contribution in [2.75, 3.05) is 0 Å². The maximum Gasteiger partial charge on any atom is 0.201 e. The monoisotopic (exact) mass is 263 g/mol. The van der Waals surface area contributed by atoms with E-state index in [2.05, 4.69) is 17.6 Å².